The first kappa shape index (κ1) is 14.0. The first-order valence-corrected chi connectivity index (χ1v) is 7.02. The number of anilines is 1. The lowest BCUT2D eigenvalue weighted by Gasteiger charge is -2.21. The summed E-state index contributed by atoms with van der Waals surface area (Å²) in [6.07, 6.45) is 3.61. The summed E-state index contributed by atoms with van der Waals surface area (Å²) in [5.74, 6) is 0. The fourth-order valence-corrected chi connectivity index (χ4v) is 2.20. The molecule has 2 aromatic rings. The normalized spacial score (nSPS) is 10.0. The minimum atomic E-state index is 0.682. The minimum Gasteiger partial charge on any atom is -0.348 e. The molecule has 0 aliphatic rings. The summed E-state index contributed by atoms with van der Waals surface area (Å²) in [5, 5.41) is 3.89. The van der Waals surface area contributed by atoms with Crippen LogP contribution in [0, 0.1) is 0 Å². The lowest BCUT2D eigenvalue weighted by atomic mass is 10.3. The van der Waals surface area contributed by atoms with Crippen LogP contribution < -0.4 is 5.32 Å². The van der Waals surface area contributed by atoms with Crippen molar-refractivity contribution >= 4 is 38.9 Å². The number of aromatic nitrogens is 1. The molecule has 0 aliphatic heterocycles. The van der Waals surface area contributed by atoms with Crippen molar-refractivity contribution in [1.29, 1.82) is 0 Å². The van der Waals surface area contributed by atoms with E-state index in [0.29, 0.717) is 5.11 Å². The largest absolute Gasteiger partial charge is 0.348 e. The summed E-state index contributed by atoms with van der Waals surface area (Å²) < 4.78 is 1.02. The van der Waals surface area contributed by atoms with E-state index in [-0.39, 0.29) is 0 Å². The number of hydrogen-bond donors (Lipinski definition) is 1. The summed E-state index contributed by atoms with van der Waals surface area (Å²) in [5.41, 5.74) is 2.10. The van der Waals surface area contributed by atoms with Gasteiger partial charge >= 0.3 is 0 Å². The third-order valence-electron chi connectivity index (χ3n) is 2.57. The Morgan fingerprint density at radius 3 is 2.89 bits per heavy atom. The van der Waals surface area contributed by atoms with Crippen molar-refractivity contribution in [1.82, 2.24) is 9.88 Å². The summed E-state index contributed by atoms with van der Waals surface area (Å²) in [4.78, 5) is 6.08. The predicted molar refractivity (Wildman–Crippen MR) is 86.1 cm³/mol. The van der Waals surface area contributed by atoms with Gasteiger partial charge in [-0.15, -0.1) is 0 Å². The van der Waals surface area contributed by atoms with Crippen LogP contribution in [0.15, 0.2) is 53.3 Å². The number of hydrogen-bond acceptors (Lipinski definition) is 2. The van der Waals surface area contributed by atoms with Crippen LogP contribution in [0.5, 0.6) is 0 Å². The van der Waals surface area contributed by atoms with Crippen molar-refractivity contribution in [2.24, 2.45) is 0 Å². The highest BCUT2D eigenvalue weighted by atomic mass is 79.9. The van der Waals surface area contributed by atoms with Gasteiger partial charge in [-0.05, 0) is 42.0 Å². The second-order valence-electron chi connectivity index (χ2n) is 4.16. The smallest absolute Gasteiger partial charge is 0.173 e. The average Bonchev–Trinajstić information content (AvgIpc) is 2.40. The Bertz CT molecular complexity index is 560. The van der Waals surface area contributed by atoms with Crippen LogP contribution in [-0.2, 0) is 6.54 Å². The van der Waals surface area contributed by atoms with Gasteiger partial charge < -0.3 is 10.2 Å². The first-order valence-electron chi connectivity index (χ1n) is 5.82. The lowest BCUT2D eigenvalue weighted by molar-refractivity contribution is 0.507. The van der Waals surface area contributed by atoms with E-state index in [4.69, 9.17) is 12.2 Å². The SMILES string of the molecule is CN(Cc1cccnc1)C(=S)Nc1cccc(Br)c1. The summed E-state index contributed by atoms with van der Waals surface area (Å²) in [7, 11) is 1.96. The third-order valence-corrected chi connectivity index (χ3v) is 3.47. The monoisotopic (exact) mass is 335 g/mol. The molecule has 98 valence electrons. The van der Waals surface area contributed by atoms with Crippen LogP contribution in [0.25, 0.3) is 0 Å². The second-order valence-corrected chi connectivity index (χ2v) is 5.46. The van der Waals surface area contributed by atoms with Crippen molar-refractivity contribution in [2.45, 2.75) is 6.54 Å². The molecule has 0 atom stereocenters. The molecule has 5 heteroatoms. The molecule has 0 radical (unpaired) electrons. The number of nitrogens with one attached hydrogen (secondary N) is 1. The second kappa shape index (κ2) is 6.63. The van der Waals surface area contributed by atoms with E-state index in [1.807, 2.05) is 54.5 Å². The number of benzene rings is 1. The molecule has 0 spiro atoms. The van der Waals surface area contributed by atoms with Crippen LogP contribution in [0.1, 0.15) is 5.56 Å². The van der Waals surface area contributed by atoms with Gasteiger partial charge in [0.05, 0.1) is 0 Å². The fourth-order valence-electron chi connectivity index (χ4n) is 1.62. The number of thiocarbonyl (C=S) groups is 1. The Morgan fingerprint density at radius 1 is 1.37 bits per heavy atom. The molecule has 0 saturated carbocycles. The van der Waals surface area contributed by atoms with Crippen LogP contribution in [0.2, 0.25) is 0 Å². The standard InChI is InChI=1S/C14H14BrN3S/c1-18(10-11-4-3-7-16-9-11)14(19)17-13-6-2-5-12(15)8-13/h2-9H,10H2,1H3,(H,17,19). The zero-order chi connectivity index (χ0) is 13.7. The van der Waals surface area contributed by atoms with Crippen molar-refractivity contribution in [2.75, 3.05) is 12.4 Å². The van der Waals surface area contributed by atoms with Crippen LogP contribution >= 0.6 is 28.1 Å². The molecule has 0 unspecified atom stereocenters. The number of nitrogens with zero attached hydrogens (tertiary/aromatic N) is 2. The van der Waals surface area contributed by atoms with Gasteiger partial charge in [0.15, 0.2) is 5.11 Å². The van der Waals surface area contributed by atoms with E-state index >= 15 is 0 Å². The zero-order valence-electron chi connectivity index (χ0n) is 10.5. The highest BCUT2D eigenvalue weighted by Crippen LogP contribution is 2.16. The molecule has 0 aliphatic carbocycles. The molecule has 19 heavy (non-hydrogen) atoms. The van der Waals surface area contributed by atoms with Gasteiger partial charge in [-0.2, -0.15) is 0 Å². The maximum Gasteiger partial charge on any atom is 0.173 e. The summed E-state index contributed by atoms with van der Waals surface area (Å²) in [6, 6.07) is 11.9. The van der Waals surface area contributed by atoms with Crippen molar-refractivity contribution < 1.29 is 0 Å². The summed E-state index contributed by atoms with van der Waals surface area (Å²) >= 11 is 8.82. The molecular formula is C14H14BrN3S. The molecule has 0 bridgehead atoms. The van der Waals surface area contributed by atoms with Crippen LogP contribution in [0.4, 0.5) is 5.69 Å². The van der Waals surface area contributed by atoms with Gasteiger partial charge in [-0.1, -0.05) is 28.1 Å². The maximum atomic E-state index is 5.38. The van der Waals surface area contributed by atoms with E-state index in [0.717, 1.165) is 22.3 Å². The van der Waals surface area contributed by atoms with E-state index < -0.39 is 0 Å². The molecular weight excluding hydrogens is 322 g/mol. The molecule has 0 fully saturated rings. The average molecular weight is 336 g/mol. The van der Waals surface area contributed by atoms with Crippen LogP contribution in [-0.4, -0.2) is 22.0 Å². The van der Waals surface area contributed by atoms with Crippen molar-refractivity contribution in [3.8, 4) is 0 Å². The Morgan fingerprint density at radius 2 is 2.21 bits per heavy atom. The third kappa shape index (κ3) is 4.29. The van der Waals surface area contributed by atoms with E-state index in [2.05, 4.69) is 26.2 Å². The minimum absolute atomic E-state index is 0.682. The van der Waals surface area contributed by atoms with Crippen LogP contribution in [0.3, 0.4) is 0 Å². The summed E-state index contributed by atoms with van der Waals surface area (Å²) in [6.45, 7) is 0.730. The lowest BCUT2D eigenvalue weighted by Crippen LogP contribution is -2.30. The zero-order valence-corrected chi connectivity index (χ0v) is 12.9. The van der Waals surface area contributed by atoms with Gasteiger partial charge in [0, 0.05) is 36.1 Å². The number of rotatable bonds is 3. The Labute approximate surface area is 126 Å². The molecule has 0 saturated heterocycles. The van der Waals surface area contributed by atoms with Gasteiger partial charge in [0.25, 0.3) is 0 Å². The maximum absolute atomic E-state index is 5.38. The predicted octanol–water partition coefficient (Wildman–Crippen LogP) is 3.67. The molecule has 3 nitrogen and oxygen atoms in total. The van der Waals surface area contributed by atoms with Gasteiger partial charge in [0.1, 0.15) is 0 Å². The number of pyridine rings is 1. The van der Waals surface area contributed by atoms with E-state index in [9.17, 15) is 0 Å². The van der Waals surface area contributed by atoms with E-state index in [1.165, 1.54) is 0 Å². The molecule has 1 heterocycles. The first-order chi connectivity index (χ1) is 9.15. The highest BCUT2D eigenvalue weighted by molar-refractivity contribution is 9.10. The Balaban J connectivity index is 1.96. The quantitative estimate of drug-likeness (QED) is 0.866. The highest BCUT2D eigenvalue weighted by Gasteiger charge is 2.05. The molecule has 2 rings (SSSR count). The number of halogens is 1. The molecule has 0 amide bonds. The van der Waals surface area contributed by atoms with Gasteiger partial charge in [-0.25, -0.2) is 0 Å². The molecule has 1 aromatic heterocycles. The molecule has 1 N–H and O–H groups in total. The van der Waals surface area contributed by atoms with E-state index in [1.54, 1.807) is 6.20 Å². The molecule has 1 aromatic carbocycles. The van der Waals surface area contributed by atoms with Gasteiger partial charge in [0.2, 0.25) is 0 Å². The Hall–Kier alpha value is -1.46. The van der Waals surface area contributed by atoms with Crippen molar-refractivity contribution in [3.05, 3.63) is 58.8 Å². The van der Waals surface area contributed by atoms with Crippen molar-refractivity contribution in [3.63, 3.8) is 0 Å². The van der Waals surface area contributed by atoms with Gasteiger partial charge in [-0.3, -0.25) is 4.98 Å². The Kier molecular flexibility index (Phi) is 4.87. The topological polar surface area (TPSA) is 28.2 Å². The fraction of sp³-hybridized carbons (Fsp3) is 0.143.